The predicted octanol–water partition coefficient (Wildman–Crippen LogP) is 0.359. The minimum absolute atomic E-state index is 0. The Morgan fingerprint density at radius 1 is 1.17 bits per heavy atom. The van der Waals surface area contributed by atoms with Gasteiger partial charge in [-0.3, -0.25) is 4.79 Å². The molecule has 1 heterocycles. The van der Waals surface area contributed by atoms with Gasteiger partial charge in [0.2, 0.25) is 5.91 Å². The molecule has 0 spiro atoms. The summed E-state index contributed by atoms with van der Waals surface area (Å²) in [6.07, 6.45) is 1.98. The Labute approximate surface area is 157 Å². The minimum Gasteiger partial charge on any atom is -0.381 e. The number of carbonyl (C=O) groups excluding carboxylic acids is 1. The molecule has 1 rings (SSSR count). The first-order valence-electron chi connectivity index (χ1n) is 7.89. The van der Waals surface area contributed by atoms with Crippen LogP contribution in [-0.2, 0) is 9.53 Å². The van der Waals surface area contributed by atoms with Crippen molar-refractivity contribution in [1.82, 2.24) is 20.4 Å². The fourth-order valence-corrected chi connectivity index (χ4v) is 2.41. The lowest BCUT2D eigenvalue weighted by atomic mass is 9.88. The lowest BCUT2D eigenvalue weighted by molar-refractivity contribution is -0.127. The van der Waals surface area contributed by atoms with Gasteiger partial charge < -0.3 is 25.2 Å². The van der Waals surface area contributed by atoms with Crippen molar-refractivity contribution in [3.63, 3.8) is 0 Å². The third-order valence-corrected chi connectivity index (χ3v) is 4.17. The largest absolute Gasteiger partial charge is 0.381 e. The molecule has 0 radical (unpaired) electrons. The summed E-state index contributed by atoms with van der Waals surface area (Å²) >= 11 is 0. The van der Waals surface area contributed by atoms with E-state index < -0.39 is 0 Å². The van der Waals surface area contributed by atoms with Gasteiger partial charge in [0.1, 0.15) is 6.54 Å². The van der Waals surface area contributed by atoms with Gasteiger partial charge in [-0.25, -0.2) is 4.99 Å². The van der Waals surface area contributed by atoms with Crippen molar-refractivity contribution in [1.29, 1.82) is 0 Å². The Morgan fingerprint density at radius 2 is 1.78 bits per heavy atom. The molecule has 0 unspecified atom stereocenters. The number of guanidine groups is 1. The van der Waals surface area contributed by atoms with Crippen LogP contribution in [0.2, 0.25) is 0 Å². The Hall–Kier alpha value is -0.610. The van der Waals surface area contributed by atoms with Crippen LogP contribution in [0.4, 0.5) is 0 Å². The van der Waals surface area contributed by atoms with E-state index in [0.29, 0.717) is 5.96 Å². The Kier molecular flexibility index (Phi) is 10.7. The lowest BCUT2D eigenvalue weighted by Gasteiger charge is -2.43. The molecule has 7 nitrogen and oxygen atoms in total. The Morgan fingerprint density at radius 3 is 2.26 bits per heavy atom. The second kappa shape index (κ2) is 11.0. The van der Waals surface area contributed by atoms with E-state index in [-0.39, 0.29) is 42.0 Å². The monoisotopic (exact) mass is 441 g/mol. The second-order valence-electron chi connectivity index (χ2n) is 6.07. The molecule has 23 heavy (non-hydrogen) atoms. The first kappa shape index (κ1) is 22.4. The van der Waals surface area contributed by atoms with Crippen molar-refractivity contribution in [2.75, 3.05) is 61.0 Å². The number of ether oxygens (including phenoxy) is 1. The highest BCUT2D eigenvalue weighted by atomic mass is 127. The normalized spacial score (nSPS) is 17.4. The quantitative estimate of drug-likeness (QED) is 0.354. The van der Waals surface area contributed by atoms with Gasteiger partial charge in [-0.05, 0) is 33.9 Å². The first-order valence-corrected chi connectivity index (χ1v) is 7.89. The Bertz CT molecular complexity index is 382. The SMILES string of the molecule is CCNC(=NCC(=O)N(C)C)NCC1(N(C)C)CCOCC1.I. The molecule has 1 fully saturated rings. The van der Waals surface area contributed by atoms with Gasteiger partial charge >= 0.3 is 0 Å². The number of hydrogen-bond donors (Lipinski definition) is 2. The summed E-state index contributed by atoms with van der Waals surface area (Å²) in [7, 11) is 7.68. The molecular weight excluding hydrogens is 409 g/mol. The van der Waals surface area contributed by atoms with Crippen LogP contribution in [0.3, 0.4) is 0 Å². The molecule has 1 amide bonds. The molecule has 0 atom stereocenters. The first-order chi connectivity index (χ1) is 10.4. The van der Waals surface area contributed by atoms with Crippen molar-refractivity contribution in [3.05, 3.63) is 0 Å². The summed E-state index contributed by atoms with van der Waals surface area (Å²) in [5.41, 5.74) is 0.0694. The van der Waals surface area contributed by atoms with Gasteiger partial charge in [0.25, 0.3) is 0 Å². The molecule has 0 aromatic carbocycles. The number of carbonyl (C=O) groups is 1. The molecule has 2 N–H and O–H groups in total. The maximum Gasteiger partial charge on any atom is 0.243 e. The molecule has 1 saturated heterocycles. The number of aliphatic imine (C=N–C) groups is 1. The average Bonchev–Trinajstić information content (AvgIpc) is 2.50. The zero-order valence-corrected chi connectivity index (χ0v) is 17.3. The molecule has 0 aromatic heterocycles. The van der Waals surface area contributed by atoms with Crippen LogP contribution in [0.25, 0.3) is 0 Å². The molecular formula is C15H32IN5O2. The summed E-state index contributed by atoms with van der Waals surface area (Å²) < 4.78 is 5.48. The summed E-state index contributed by atoms with van der Waals surface area (Å²) in [4.78, 5) is 19.8. The van der Waals surface area contributed by atoms with E-state index >= 15 is 0 Å². The van der Waals surface area contributed by atoms with Gasteiger partial charge in [0.05, 0.1) is 0 Å². The number of halogens is 1. The lowest BCUT2D eigenvalue weighted by Crippen LogP contribution is -2.57. The summed E-state index contributed by atoms with van der Waals surface area (Å²) in [6.45, 7) is 5.28. The summed E-state index contributed by atoms with van der Waals surface area (Å²) in [5, 5.41) is 6.57. The van der Waals surface area contributed by atoms with Gasteiger partial charge in [0, 0.05) is 45.9 Å². The molecule has 8 heteroatoms. The number of nitrogens with zero attached hydrogens (tertiary/aromatic N) is 3. The fourth-order valence-electron chi connectivity index (χ4n) is 2.41. The number of rotatable bonds is 6. The van der Waals surface area contributed by atoms with Crippen molar-refractivity contribution in [2.45, 2.75) is 25.3 Å². The van der Waals surface area contributed by atoms with Gasteiger partial charge in [0.15, 0.2) is 5.96 Å². The molecule has 1 aliphatic heterocycles. The van der Waals surface area contributed by atoms with Crippen molar-refractivity contribution >= 4 is 35.8 Å². The van der Waals surface area contributed by atoms with E-state index in [9.17, 15) is 4.79 Å². The zero-order valence-electron chi connectivity index (χ0n) is 15.0. The predicted molar refractivity (Wildman–Crippen MR) is 105 cm³/mol. The molecule has 0 aromatic rings. The molecule has 0 bridgehead atoms. The van der Waals surface area contributed by atoms with E-state index in [0.717, 1.165) is 39.1 Å². The van der Waals surface area contributed by atoms with Crippen LogP contribution in [0.5, 0.6) is 0 Å². The van der Waals surface area contributed by atoms with E-state index in [4.69, 9.17) is 4.74 Å². The topological polar surface area (TPSA) is 69.2 Å². The highest BCUT2D eigenvalue weighted by Gasteiger charge is 2.34. The van der Waals surface area contributed by atoms with E-state index in [1.165, 1.54) is 0 Å². The van der Waals surface area contributed by atoms with Crippen LogP contribution in [0.15, 0.2) is 4.99 Å². The van der Waals surface area contributed by atoms with Gasteiger partial charge in [-0.2, -0.15) is 0 Å². The van der Waals surface area contributed by atoms with Crippen LogP contribution in [0.1, 0.15) is 19.8 Å². The molecule has 0 aliphatic carbocycles. The van der Waals surface area contributed by atoms with E-state index in [1.54, 1.807) is 19.0 Å². The van der Waals surface area contributed by atoms with Crippen LogP contribution < -0.4 is 10.6 Å². The second-order valence-corrected chi connectivity index (χ2v) is 6.07. The van der Waals surface area contributed by atoms with Gasteiger partial charge in [-0.1, -0.05) is 0 Å². The summed E-state index contributed by atoms with van der Waals surface area (Å²) in [5.74, 6) is 0.677. The third kappa shape index (κ3) is 7.21. The highest BCUT2D eigenvalue weighted by molar-refractivity contribution is 14.0. The highest BCUT2D eigenvalue weighted by Crippen LogP contribution is 2.24. The van der Waals surface area contributed by atoms with Crippen LogP contribution >= 0.6 is 24.0 Å². The molecule has 0 saturated carbocycles. The number of amides is 1. The fraction of sp³-hybridized carbons (Fsp3) is 0.867. The van der Waals surface area contributed by atoms with E-state index in [2.05, 4.69) is 34.6 Å². The maximum absolute atomic E-state index is 11.7. The standard InChI is InChI=1S/C15H31N5O2.HI/c1-6-16-14(17-11-13(21)19(2)3)18-12-15(20(4)5)7-9-22-10-8-15;/h6-12H2,1-5H3,(H2,16,17,18);1H. The van der Waals surface area contributed by atoms with Crippen molar-refractivity contribution < 1.29 is 9.53 Å². The number of hydrogen-bond acceptors (Lipinski definition) is 4. The molecule has 136 valence electrons. The van der Waals surface area contributed by atoms with Crippen molar-refractivity contribution in [2.24, 2.45) is 4.99 Å². The summed E-state index contributed by atoms with van der Waals surface area (Å²) in [6, 6.07) is 0. The number of nitrogens with one attached hydrogen (secondary N) is 2. The number of likely N-dealkylation sites (N-methyl/N-ethyl adjacent to an activating group) is 2. The van der Waals surface area contributed by atoms with E-state index in [1.807, 2.05) is 6.92 Å². The Balaban J connectivity index is 0.00000484. The average molecular weight is 441 g/mol. The van der Waals surface area contributed by atoms with Crippen LogP contribution in [0, 0.1) is 0 Å². The van der Waals surface area contributed by atoms with Crippen LogP contribution in [-0.4, -0.2) is 88.2 Å². The molecule has 1 aliphatic rings. The zero-order chi connectivity index (χ0) is 16.6. The smallest absolute Gasteiger partial charge is 0.243 e. The maximum atomic E-state index is 11.7. The van der Waals surface area contributed by atoms with Crippen molar-refractivity contribution in [3.8, 4) is 0 Å². The minimum atomic E-state index is -0.00871. The third-order valence-electron chi connectivity index (χ3n) is 4.17. The van der Waals surface area contributed by atoms with Gasteiger partial charge in [-0.15, -0.1) is 24.0 Å².